The lowest BCUT2D eigenvalue weighted by molar-refractivity contribution is -0.137. The fourth-order valence-corrected chi connectivity index (χ4v) is 7.51. The molecule has 0 saturated heterocycles. The Morgan fingerprint density at radius 1 is 0.473 bits per heavy atom. The summed E-state index contributed by atoms with van der Waals surface area (Å²) in [5, 5.41) is 18.7. The molecule has 0 aliphatic rings. The van der Waals surface area contributed by atoms with E-state index in [1.165, 1.54) is 6.92 Å². The summed E-state index contributed by atoms with van der Waals surface area (Å²) >= 11 is 0. The van der Waals surface area contributed by atoms with Gasteiger partial charge >= 0.3 is 0 Å². The van der Waals surface area contributed by atoms with E-state index in [0.717, 1.165) is 25.7 Å². The average molecular weight is 1050 g/mol. The van der Waals surface area contributed by atoms with Crippen molar-refractivity contribution in [3.8, 4) is 0 Å². The van der Waals surface area contributed by atoms with Crippen LogP contribution in [0.1, 0.15) is 145 Å². The van der Waals surface area contributed by atoms with Crippen molar-refractivity contribution in [1.82, 2.24) is 37.2 Å². The molecule has 26 heteroatoms. The van der Waals surface area contributed by atoms with Gasteiger partial charge in [0, 0.05) is 26.1 Å². The first-order valence-corrected chi connectivity index (χ1v) is 25.8. The van der Waals surface area contributed by atoms with Crippen molar-refractivity contribution in [3.05, 3.63) is 0 Å². The molecule has 0 heterocycles. The minimum absolute atomic E-state index is 0.0281. The van der Waals surface area contributed by atoms with Crippen molar-refractivity contribution < 1.29 is 43.2 Å². The van der Waals surface area contributed by atoms with Crippen LogP contribution in [0.25, 0.3) is 0 Å². The maximum Gasteiger partial charge on any atom is 0.243 e. The largest absolute Gasteiger partial charge is 0.370 e. The lowest BCUT2D eigenvalue weighted by atomic mass is 9.90. The zero-order chi connectivity index (χ0) is 56.5. The van der Waals surface area contributed by atoms with E-state index in [2.05, 4.69) is 59.1 Å². The Labute approximate surface area is 436 Å². The number of nitrogens with two attached hydrogens (primary N) is 7. The van der Waals surface area contributed by atoms with E-state index >= 15 is 0 Å². The molecule has 0 fully saturated rings. The molecule has 0 bridgehead atoms. The van der Waals surface area contributed by atoms with Gasteiger partial charge < -0.3 is 77.4 Å². The van der Waals surface area contributed by atoms with Gasteiger partial charge in [-0.15, -0.1) is 0 Å². The minimum Gasteiger partial charge on any atom is -0.370 e. The zero-order valence-electron chi connectivity index (χ0n) is 45.1. The standard InChI is InChI=1S/C48H91N17O9/c1-9-11-12-13-14-21-35(66)59-26-36(67)60-30(8)41(70)64-37(28(5)6)44(73)65-38(29(7)10-2)45(74)63-34(25-27(3)4)43(72)62-33(20-17-24-58-48(54)55)42(71)61-32(19-16-23-57-47(52)53)39(68)31(40(49)69)18-15-22-56-46(50)51/h27-34,37-38H,9-26H2,1-8H3,(H2,49,69)(H,59,66)(H,60,67)(H,61,71)(H,62,72)(H,63,74)(H,64,70)(H,65,73)(H4,50,51,56)(H4,52,53,57)(H4,54,55,58)/t29-,30-,31-,32-,33-,34-,37-,38-/m0/s1. The molecule has 0 aliphatic heterocycles. The van der Waals surface area contributed by atoms with Gasteiger partial charge in [0.05, 0.1) is 18.5 Å². The molecule has 0 spiro atoms. The maximum absolute atomic E-state index is 14.3. The summed E-state index contributed by atoms with van der Waals surface area (Å²) in [5.74, 6) is -9.26. The second-order valence-electron chi connectivity index (χ2n) is 19.3. The third-order valence-corrected chi connectivity index (χ3v) is 11.9. The van der Waals surface area contributed by atoms with Crippen LogP contribution >= 0.6 is 0 Å². The van der Waals surface area contributed by atoms with Crippen LogP contribution in [0.4, 0.5) is 0 Å². The first-order valence-electron chi connectivity index (χ1n) is 25.8. The van der Waals surface area contributed by atoms with Gasteiger partial charge in [0.25, 0.3) is 0 Å². The molecular formula is C48H91N17O9. The Kier molecular flexibility index (Phi) is 33.7. The highest BCUT2D eigenvalue weighted by Crippen LogP contribution is 2.16. The van der Waals surface area contributed by atoms with E-state index in [4.69, 9.17) is 40.1 Å². The molecule has 0 aromatic rings. The number of rotatable bonds is 39. The number of Topliss-reactive ketones (excluding diaryl/α,β-unsaturated/α-hetero) is 1. The summed E-state index contributed by atoms with van der Waals surface area (Å²) in [6.45, 7) is 14.0. The molecule has 74 heavy (non-hydrogen) atoms. The summed E-state index contributed by atoms with van der Waals surface area (Å²) in [5.41, 5.74) is 38.5. The quantitative estimate of drug-likeness (QED) is 0.0137. The van der Waals surface area contributed by atoms with Crippen molar-refractivity contribution in [2.75, 3.05) is 26.2 Å². The van der Waals surface area contributed by atoms with Crippen LogP contribution in [-0.4, -0.2) is 133 Å². The van der Waals surface area contributed by atoms with Crippen LogP contribution in [0, 0.1) is 23.7 Å². The molecular weight excluding hydrogens is 959 g/mol. The smallest absolute Gasteiger partial charge is 0.243 e. The van der Waals surface area contributed by atoms with Gasteiger partial charge in [-0.3, -0.25) is 58.1 Å². The topological polar surface area (TPSA) is 457 Å². The van der Waals surface area contributed by atoms with Crippen molar-refractivity contribution in [1.29, 1.82) is 0 Å². The Morgan fingerprint density at radius 3 is 1.45 bits per heavy atom. The van der Waals surface area contributed by atoms with Gasteiger partial charge in [-0.1, -0.05) is 80.6 Å². The molecule has 0 rings (SSSR count). The van der Waals surface area contributed by atoms with Gasteiger partial charge in [0.2, 0.25) is 47.3 Å². The highest BCUT2D eigenvalue weighted by atomic mass is 16.2. The van der Waals surface area contributed by atoms with E-state index in [9.17, 15) is 43.2 Å². The van der Waals surface area contributed by atoms with Gasteiger partial charge in [-0.25, -0.2) is 0 Å². The molecule has 0 aliphatic carbocycles. The fraction of sp³-hybridized carbons (Fsp3) is 0.750. The summed E-state index contributed by atoms with van der Waals surface area (Å²) in [4.78, 5) is 133. The third-order valence-electron chi connectivity index (χ3n) is 11.9. The third kappa shape index (κ3) is 29.1. The van der Waals surface area contributed by atoms with Crippen LogP contribution in [-0.2, 0) is 43.2 Å². The first-order chi connectivity index (χ1) is 34.7. The van der Waals surface area contributed by atoms with Gasteiger partial charge in [-0.05, 0) is 76.0 Å². The molecule has 8 amide bonds. The predicted molar refractivity (Wildman–Crippen MR) is 285 cm³/mol. The number of hydrogen-bond acceptors (Lipinski definition) is 12. The molecule has 422 valence electrons. The lowest BCUT2D eigenvalue weighted by Crippen LogP contribution is -2.61. The maximum atomic E-state index is 14.3. The van der Waals surface area contributed by atoms with E-state index in [1.54, 1.807) is 27.7 Å². The van der Waals surface area contributed by atoms with Gasteiger partial charge in [0.15, 0.2) is 23.7 Å². The number of ketones is 1. The second kappa shape index (κ2) is 37.0. The molecule has 0 unspecified atom stereocenters. The highest BCUT2D eigenvalue weighted by molar-refractivity contribution is 6.05. The van der Waals surface area contributed by atoms with Crippen LogP contribution < -0.4 is 77.4 Å². The van der Waals surface area contributed by atoms with Crippen molar-refractivity contribution in [3.63, 3.8) is 0 Å². The van der Waals surface area contributed by atoms with Gasteiger partial charge in [0.1, 0.15) is 30.2 Å². The normalized spacial score (nSPS) is 14.2. The van der Waals surface area contributed by atoms with E-state index in [0.29, 0.717) is 12.8 Å². The lowest BCUT2D eigenvalue weighted by Gasteiger charge is -2.30. The van der Waals surface area contributed by atoms with Crippen LogP contribution in [0.3, 0.4) is 0 Å². The number of amides is 8. The molecule has 8 atom stereocenters. The highest BCUT2D eigenvalue weighted by Gasteiger charge is 2.37. The summed E-state index contributed by atoms with van der Waals surface area (Å²) in [6.07, 6.45) is 6.05. The minimum atomic E-state index is -1.35. The monoisotopic (exact) mass is 1050 g/mol. The number of nitrogens with zero attached hydrogens (tertiary/aromatic N) is 3. The van der Waals surface area contributed by atoms with Crippen LogP contribution in [0.15, 0.2) is 15.0 Å². The predicted octanol–water partition coefficient (Wildman–Crippen LogP) is -2.03. The molecule has 0 aromatic heterocycles. The molecule has 0 aromatic carbocycles. The Hall–Kier alpha value is -6.76. The van der Waals surface area contributed by atoms with E-state index < -0.39 is 101 Å². The van der Waals surface area contributed by atoms with E-state index in [1.807, 2.05) is 13.8 Å². The first kappa shape index (κ1) is 67.2. The van der Waals surface area contributed by atoms with E-state index in [-0.39, 0.29) is 107 Å². The fourth-order valence-electron chi connectivity index (χ4n) is 7.51. The number of guanidine groups is 3. The molecule has 0 radical (unpaired) electrons. The number of nitrogens with one attached hydrogen (secondary N) is 7. The zero-order valence-corrected chi connectivity index (χ0v) is 45.1. The van der Waals surface area contributed by atoms with Crippen molar-refractivity contribution in [2.45, 2.75) is 182 Å². The Morgan fingerprint density at radius 2 is 0.946 bits per heavy atom. The number of carbonyl (C=O) groups is 9. The van der Waals surface area contributed by atoms with Crippen LogP contribution in [0.5, 0.6) is 0 Å². The number of primary amides is 1. The van der Waals surface area contributed by atoms with Crippen molar-refractivity contribution >= 4 is 70.9 Å². The number of unbranched alkanes of at least 4 members (excludes halogenated alkanes) is 4. The van der Waals surface area contributed by atoms with Gasteiger partial charge in [-0.2, -0.15) is 0 Å². The number of aliphatic imine (C=N–C) groups is 3. The summed E-state index contributed by atoms with van der Waals surface area (Å²) in [6, 6.07) is -7.33. The Balaban J connectivity index is 6.50. The molecule has 0 saturated carbocycles. The molecule has 21 N–H and O–H groups in total. The Bertz CT molecular complexity index is 1900. The SMILES string of the molecule is CCCCCCCC(=O)NCC(=O)N[C@@H](C)C(=O)N[C@H](C(=O)N[C@H](C(=O)N[C@@H](CC(C)C)C(=O)N[C@@H](CCCN=C(N)N)C(=O)N[C@@H](CCCN=C(N)N)C(=O)[C@H](CCCN=C(N)N)C(N)=O)[C@@H](C)CC)C(C)C. The summed E-state index contributed by atoms with van der Waals surface area (Å²) < 4.78 is 0. The average Bonchev–Trinajstić information content (AvgIpc) is 3.31. The second-order valence-corrected chi connectivity index (χ2v) is 19.3. The molecule has 26 nitrogen and oxygen atoms in total. The van der Waals surface area contributed by atoms with Crippen molar-refractivity contribution in [2.24, 2.45) is 78.8 Å². The summed E-state index contributed by atoms with van der Waals surface area (Å²) in [7, 11) is 0. The number of carbonyl (C=O) groups excluding carboxylic acids is 9. The van der Waals surface area contributed by atoms with Crippen LogP contribution in [0.2, 0.25) is 0 Å². The number of hydrogen-bond donors (Lipinski definition) is 14.